The van der Waals surface area contributed by atoms with Crippen LogP contribution in [0.4, 0.5) is 0 Å². The zero-order valence-corrected chi connectivity index (χ0v) is 15.5. The molecule has 0 bridgehead atoms. The lowest BCUT2D eigenvalue weighted by atomic mass is 10.1. The molecule has 0 saturated carbocycles. The van der Waals surface area contributed by atoms with E-state index in [1.165, 1.54) is 13.2 Å². The van der Waals surface area contributed by atoms with Gasteiger partial charge < -0.3 is 19.2 Å². The molecule has 1 heterocycles. The third kappa shape index (κ3) is 5.29. The van der Waals surface area contributed by atoms with Gasteiger partial charge in [0.2, 0.25) is 0 Å². The molecule has 27 heavy (non-hydrogen) atoms. The number of nitrogens with zero attached hydrogens (tertiary/aromatic N) is 1. The lowest BCUT2D eigenvalue weighted by Crippen LogP contribution is -2.15. The summed E-state index contributed by atoms with van der Waals surface area (Å²) in [5.74, 6) is 0.480. The van der Waals surface area contributed by atoms with E-state index in [4.69, 9.17) is 31.7 Å². The molecule has 2 rings (SSSR count). The van der Waals surface area contributed by atoms with Gasteiger partial charge in [0.05, 0.1) is 19.4 Å². The molecule has 0 aliphatic heterocycles. The number of aromatic nitrogens is 2. The average molecular weight is 387 g/mol. The van der Waals surface area contributed by atoms with Gasteiger partial charge in [0.1, 0.15) is 23.1 Å². The third-order valence-electron chi connectivity index (χ3n) is 3.38. The Balaban J connectivity index is 2.38. The standard InChI is InChI=1S/C18H17N3O5S/c1-3-25-16(22)10-26-15-7-5-12(24-2)8-11(15)4-6-14-13(9-19)17(23)21-18(27)20-14/h4-8H,3,10H2,1-2H3,(H2,20,21,23,27)/b6-4+. The van der Waals surface area contributed by atoms with Crippen LogP contribution in [0.15, 0.2) is 23.0 Å². The SMILES string of the molecule is CCOC(=O)COc1ccc(OC)cc1/C=C/c1[nH]c(=S)[nH]c(=O)c1C#N. The van der Waals surface area contributed by atoms with Gasteiger partial charge in [-0.3, -0.25) is 9.78 Å². The number of aromatic amines is 2. The Bertz CT molecular complexity index is 1020. The van der Waals surface area contributed by atoms with Gasteiger partial charge >= 0.3 is 5.97 Å². The molecule has 0 unspecified atom stereocenters. The number of benzene rings is 1. The fraction of sp³-hybridized carbons (Fsp3) is 0.222. The van der Waals surface area contributed by atoms with E-state index in [0.29, 0.717) is 17.1 Å². The monoisotopic (exact) mass is 387 g/mol. The minimum atomic E-state index is -0.578. The molecule has 8 nitrogen and oxygen atoms in total. The van der Waals surface area contributed by atoms with Crippen LogP contribution >= 0.6 is 12.2 Å². The number of ether oxygens (including phenoxy) is 3. The van der Waals surface area contributed by atoms with Crippen molar-refractivity contribution in [1.82, 2.24) is 9.97 Å². The molecule has 0 fully saturated rings. The Kier molecular flexibility index (Phi) is 6.91. The van der Waals surface area contributed by atoms with Gasteiger partial charge in [0.15, 0.2) is 11.4 Å². The predicted molar refractivity (Wildman–Crippen MR) is 101 cm³/mol. The molecule has 0 aliphatic rings. The topological polar surface area (TPSA) is 117 Å². The summed E-state index contributed by atoms with van der Waals surface area (Å²) in [6.45, 7) is 1.71. The lowest BCUT2D eigenvalue weighted by molar-refractivity contribution is -0.145. The van der Waals surface area contributed by atoms with Crippen LogP contribution < -0.4 is 15.0 Å². The molecular weight excluding hydrogens is 370 g/mol. The van der Waals surface area contributed by atoms with Gasteiger partial charge in [0, 0.05) is 5.56 Å². The van der Waals surface area contributed by atoms with E-state index in [1.54, 1.807) is 31.2 Å². The third-order valence-corrected chi connectivity index (χ3v) is 3.58. The van der Waals surface area contributed by atoms with Crippen LogP contribution in [-0.4, -0.2) is 36.3 Å². The molecule has 9 heteroatoms. The van der Waals surface area contributed by atoms with E-state index >= 15 is 0 Å². The highest BCUT2D eigenvalue weighted by Gasteiger charge is 2.09. The number of esters is 1. The van der Waals surface area contributed by atoms with Crippen LogP contribution in [0.5, 0.6) is 11.5 Å². The highest BCUT2D eigenvalue weighted by atomic mass is 32.1. The van der Waals surface area contributed by atoms with Gasteiger partial charge in [0.25, 0.3) is 5.56 Å². The quantitative estimate of drug-likeness (QED) is 0.553. The first kappa shape index (κ1) is 19.9. The van der Waals surface area contributed by atoms with Crippen molar-refractivity contribution in [3.8, 4) is 17.6 Å². The number of carbonyl (C=O) groups is 1. The highest BCUT2D eigenvalue weighted by molar-refractivity contribution is 7.71. The van der Waals surface area contributed by atoms with Crippen LogP contribution in [0.25, 0.3) is 12.2 Å². The zero-order valence-electron chi connectivity index (χ0n) is 14.7. The van der Waals surface area contributed by atoms with Crippen LogP contribution in [0, 0.1) is 16.1 Å². The van der Waals surface area contributed by atoms with Crippen LogP contribution in [0.3, 0.4) is 0 Å². The Labute approximate surface area is 160 Å². The number of hydrogen-bond donors (Lipinski definition) is 2. The number of H-pyrrole nitrogens is 2. The number of methoxy groups -OCH3 is 1. The van der Waals surface area contributed by atoms with Crippen molar-refractivity contribution in [2.24, 2.45) is 0 Å². The largest absolute Gasteiger partial charge is 0.497 e. The smallest absolute Gasteiger partial charge is 0.344 e. The van der Waals surface area contributed by atoms with Gasteiger partial charge in [-0.05, 0) is 49.5 Å². The number of hydrogen-bond acceptors (Lipinski definition) is 7. The van der Waals surface area contributed by atoms with Crippen molar-refractivity contribution < 1.29 is 19.0 Å². The summed E-state index contributed by atoms with van der Waals surface area (Å²) in [5.41, 5.74) is 0.148. The molecule has 1 aromatic heterocycles. The van der Waals surface area contributed by atoms with Crippen molar-refractivity contribution in [3.05, 3.63) is 50.1 Å². The summed E-state index contributed by atoms with van der Waals surface area (Å²) in [6, 6.07) is 6.84. The number of rotatable bonds is 7. The van der Waals surface area contributed by atoms with Crippen LogP contribution in [0.2, 0.25) is 0 Å². The van der Waals surface area contributed by atoms with E-state index < -0.39 is 11.5 Å². The summed E-state index contributed by atoms with van der Waals surface area (Å²) in [4.78, 5) is 28.4. The summed E-state index contributed by atoms with van der Waals surface area (Å²) < 4.78 is 15.6. The van der Waals surface area contributed by atoms with Crippen LogP contribution in [-0.2, 0) is 9.53 Å². The Morgan fingerprint density at radius 2 is 2.11 bits per heavy atom. The molecule has 140 valence electrons. The summed E-state index contributed by atoms with van der Waals surface area (Å²) in [6.07, 6.45) is 3.14. The normalized spacial score (nSPS) is 10.4. The van der Waals surface area contributed by atoms with Gasteiger partial charge in [-0.15, -0.1) is 0 Å². The lowest BCUT2D eigenvalue weighted by Gasteiger charge is -2.10. The second kappa shape index (κ2) is 9.35. The number of nitrogens with one attached hydrogen (secondary N) is 2. The maximum absolute atomic E-state index is 11.8. The van der Waals surface area contributed by atoms with E-state index in [1.807, 2.05) is 6.07 Å². The van der Waals surface area contributed by atoms with Crippen molar-refractivity contribution in [2.75, 3.05) is 20.3 Å². The molecule has 0 spiro atoms. The van der Waals surface area contributed by atoms with Gasteiger partial charge in [-0.2, -0.15) is 5.26 Å². The zero-order chi connectivity index (χ0) is 19.8. The molecule has 2 N–H and O–H groups in total. The minimum Gasteiger partial charge on any atom is -0.497 e. The van der Waals surface area contributed by atoms with Crippen molar-refractivity contribution in [1.29, 1.82) is 5.26 Å². The van der Waals surface area contributed by atoms with E-state index in [2.05, 4.69) is 9.97 Å². The Hall–Kier alpha value is -3.38. The molecule has 0 radical (unpaired) electrons. The first-order valence-corrected chi connectivity index (χ1v) is 8.30. The maximum atomic E-state index is 11.8. The van der Waals surface area contributed by atoms with Gasteiger partial charge in [-0.1, -0.05) is 0 Å². The van der Waals surface area contributed by atoms with E-state index in [-0.39, 0.29) is 29.2 Å². The molecule has 0 amide bonds. The Morgan fingerprint density at radius 1 is 1.33 bits per heavy atom. The molecule has 0 atom stereocenters. The molecule has 1 aromatic carbocycles. The number of carbonyl (C=O) groups excluding carboxylic acids is 1. The average Bonchev–Trinajstić information content (AvgIpc) is 2.64. The second-order valence-corrected chi connectivity index (χ2v) is 5.55. The maximum Gasteiger partial charge on any atom is 0.344 e. The van der Waals surface area contributed by atoms with Crippen molar-refractivity contribution in [3.63, 3.8) is 0 Å². The molecule has 0 saturated heterocycles. The fourth-order valence-electron chi connectivity index (χ4n) is 2.17. The van der Waals surface area contributed by atoms with E-state index in [9.17, 15) is 9.59 Å². The van der Waals surface area contributed by atoms with Gasteiger partial charge in [-0.25, -0.2) is 4.79 Å². The van der Waals surface area contributed by atoms with Crippen molar-refractivity contribution >= 4 is 30.3 Å². The molecule has 2 aromatic rings. The predicted octanol–water partition coefficient (Wildman–Crippen LogP) is 2.43. The second-order valence-electron chi connectivity index (χ2n) is 5.14. The van der Waals surface area contributed by atoms with Crippen molar-refractivity contribution in [2.45, 2.75) is 6.92 Å². The first-order chi connectivity index (χ1) is 13.0. The summed E-state index contributed by atoms with van der Waals surface area (Å²) >= 11 is 4.94. The Morgan fingerprint density at radius 3 is 2.78 bits per heavy atom. The fourth-order valence-corrected chi connectivity index (χ4v) is 2.37. The number of nitriles is 1. The summed E-state index contributed by atoms with van der Waals surface area (Å²) in [5, 5.41) is 9.17. The van der Waals surface area contributed by atoms with E-state index in [0.717, 1.165) is 0 Å². The molecule has 0 aliphatic carbocycles. The first-order valence-electron chi connectivity index (χ1n) is 7.89. The summed E-state index contributed by atoms with van der Waals surface area (Å²) in [7, 11) is 1.52. The van der Waals surface area contributed by atoms with Crippen LogP contribution in [0.1, 0.15) is 23.7 Å². The highest BCUT2D eigenvalue weighted by Crippen LogP contribution is 2.26. The molecular formula is C18H17N3O5S. The minimum absolute atomic E-state index is 0.100.